The molecule has 2 nitrogen and oxygen atoms in total. The summed E-state index contributed by atoms with van der Waals surface area (Å²) in [6.45, 7) is 6.00. The summed E-state index contributed by atoms with van der Waals surface area (Å²) in [6, 6.07) is 3.70. The zero-order chi connectivity index (χ0) is 15.1. The van der Waals surface area contributed by atoms with Gasteiger partial charge in [0.25, 0.3) is 0 Å². The van der Waals surface area contributed by atoms with Crippen LogP contribution in [0, 0.1) is 12.8 Å². The number of hydrogen-bond acceptors (Lipinski definition) is 2. The topological polar surface area (TPSA) is 20.3 Å². The van der Waals surface area contributed by atoms with Gasteiger partial charge in [0.05, 0.1) is 5.56 Å². The predicted molar refractivity (Wildman–Crippen MR) is 71.8 cm³/mol. The van der Waals surface area contributed by atoms with Crippen molar-refractivity contribution in [3.8, 4) is 0 Å². The summed E-state index contributed by atoms with van der Waals surface area (Å²) in [7, 11) is 0. The van der Waals surface area contributed by atoms with Crippen molar-refractivity contribution in [2.45, 2.75) is 39.4 Å². The summed E-state index contributed by atoms with van der Waals surface area (Å²) in [5.41, 5.74) is 0.730. The van der Waals surface area contributed by atoms with Gasteiger partial charge in [-0.3, -0.25) is 4.79 Å². The number of Topliss-reactive ketones (excluding diaryl/α,β-unsaturated/α-hetero) is 1. The highest BCUT2D eigenvalue weighted by molar-refractivity contribution is 5.84. The quantitative estimate of drug-likeness (QED) is 0.782. The number of nitrogens with zero attached hydrogens (tertiary/aromatic N) is 1. The van der Waals surface area contributed by atoms with Gasteiger partial charge < -0.3 is 4.90 Å². The minimum absolute atomic E-state index is 0.0848. The number of halogens is 3. The molecule has 2 atom stereocenters. The zero-order valence-corrected chi connectivity index (χ0v) is 11.8. The van der Waals surface area contributed by atoms with Crippen LogP contribution in [0.3, 0.4) is 0 Å². The summed E-state index contributed by atoms with van der Waals surface area (Å²) < 4.78 is 38.5. The SMILES string of the molecule is Cc1ccc(C(F)(F)F)cc1N1CCC(=O)C(C)C1C. The average Bonchev–Trinajstić information content (AvgIpc) is 2.36. The van der Waals surface area contributed by atoms with Gasteiger partial charge in [0.2, 0.25) is 0 Å². The van der Waals surface area contributed by atoms with E-state index in [0.29, 0.717) is 18.7 Å². The van der Waals surface area contributed by atoms with Crippen molar-refractivity contribution in [3.63, 3.8) is 0 Å². The Morgan fingerprint density at radius 2 is 1.90 bits per heavy atom. The van der Waals surface area contributed by atoms with Crippen LogP contribution in [0.4, 0.5) is 18.9 Å². The standard InChI is InChI=1S/C15H18F3NO/c1-9-4-5-12(15(16,17)18)8-13(9)19-7-6-14(20)10(2)11(19)3/h4-5,8,10-11H,6-7H2,1-3H3. The first-order chi connectivity index (χ1) is 9.21. The smallest absolute Gasteiger partial charge is 0.367 e. The van der Waals surface area contributed by atoms with Crippen molar-refractivity contribution >= 4 is 11.5 Å². The molecule has 1 fully saturated rings. The third-order valence-electron chi connectivity index (χ3n) is 4.17. The van der Waals surface area contributed by atoms with Crippen molar-refractivity contribution in [2.75, 3.05) is 11.4 Å². The fourth-order valence-electron chi connectivity index (χ4n) is 2.64. The van der Waals surface area contributed by atoms with Crippen molar-refractivity contribution in [1.29, 1.82) is 0 Å². The van der Waals surface area contributed by atoms with E-state index in [2.05, 4.69) is 0 Å². The van der Waals surface area contributed by atoms with E-state index >= 15 is 0 Å². The van der Waals surface area contributed by atoms with E-state index in [1.54, 1.807) is 6.92 Å². The average molecular weight is 285 g/mol. The lowest BCUT2D eigenvalue weighted by Gasteiger charge is -2.39. The molecule has 2 unspecified atom stereocenters. The van der Waals surface area contributed by atoms with Gasteiger partial charge >= 0.3 is 6.18 Å². The Morgan fingerprint density at radius 1 is 1.25 bits per heavy atom. The van der Waals surface area contributed by atoms with Crippen LogP contribution in [-0.2, 0) is 11.0 Å². The van der Waals surface area contributed by atoms with Crippen LogP contribution in [0.1, 0.15) is 31.4 Å². The number of alkyl halides is 3. The maximum Gasteiger partial charge on any atom is 0.416 e. The first-order valence-corrected chi connectivity index (χ1v) is 6.69. The second-order valence-electron chi connectivity index (χ2n) is 5.44. The van der Waals surface area contributed by atoms with Gasteiger partial charge in [-0.1, -0.05) is 13.0 Å². The highest BCUT2D eigenvalue weighted by Crippen LogP contribution is 2.35. The summed E-state index contributed by atoms with van der Waals surface area (Å²) in [6.07, 6.45) is -3.95. The van der Waals surface area contributed by atoms with E-state index < -0.39 is 11.7 Å². The fourth-order valence-corrected chi connectivity index (χ4v) is 2.64. The van der Waals surface area contributed by atoms with Gasteiger partial charge in [-0.25, -0.2) is 0 Å². The van der Waals surface area contributed by atoms with E-state index in [-0.39, 0.29) is 17.7 Å². The summed E-state index contributed by atoms with van der Waals surface area (Å²) >= 11 is 0. The summed E-state index contributed by atoms with van der Waals surface area (Å²) in [4.78, 5) is 13.6. The zero-order valence-electron chi connectivity index (χ0n) is 11.8. The molecule has 0 N–H and O–H groups in total. The van der Waals surface area contributed by atoms with E-state index in [9.17, 15) is 18.0 Å². The van der Waals surface area contributed by atoms with Gasteiger partial charge in [-0.2, -0.15) is 13.2 Å². The molecule has 20 heavy (non-hydrogen) atoms. The maximum atomic E-state index is 12.8. The second-order valence-corrected chi connectivity index (χ2v) is 5.44. The molecule has 0 spiro atoms. The van der Waals surface area contributed by atoms with Crippen molar-refractivity contribution in [2.24, 2.45) is 5.92 Å². The molecule has 1 aromatic rings. The molecule has 0 amide bonds. The normalized spacial score (nSPS) is 24.1. The Bertz CT molecular complexity index is 524. The van der Waals surface area contributed by atoms with Gasteiger partial charge in [-0.05, 0) is 31.5 Å². The number of benzene rings is 1. The van der Waals surface area contributed by atoms with Gasteiger partial charge in [0.15, 0.2) is 0 Å². The maximum absolute atomic E-state index is 12.8. The predicted octanol–water partition coefficient (Wildman–Crippen LogP) is 3.82. The Labute approximate surface area is 116 Å². The lowest BCUT2D eigenvalue weighted by atomic mass is 9.89. The molecule has 0 bridgehead atoms. The van der Waals surface area contributed by atoms with E-state index in [1.165, 1.54) is 12.1 Å². The molecule has 1 saturated heterocycles. The molecule has 1 aliphatic heterocycles. The van der Waals surface area contributed by atoms with Gasteiger partial charge in [-0.15, -0.1) is 0 Å². The van der Waals surface area contributed by atoms with Crippen LogP contribution >= 0.6 is 0 Å². The number of carbonyl (C=O) groups is 1. The second kappa shape index (κ2) is 5.11. The Balaban J connectivity index is 2.39. The largest absolute Gasteiger partial charge is 0.416 e. The molecule has 0 saturated carbocycles. The van der Waals surface area contributed by atoms with Crippen LogP contribution < -0.4 is 4.90 Å². The van der Waals surface area contributed by atoms with E-state index in [1.807, 2.05) is 18.7 Å². The monoisotopic (exact) mass is 285 g/mol. The van der Waals surface area contributed by atoms with Crippen LogP contribution in [0.2, 0.25) is 0 Å². The minimum Gasteiger partial charge on any atom is -0.367 e. The summed E-state index contributed by atoms with van der Waals surface area (Å²) in [5, 5.41) is 0. The van der Waals surface area contributed by atoms with Gasteiger partial charge in [0.1, 0.15) is 5.78 Å². The van der Waals surface area contributed by atoms with Crippen LogP contribution in [0.15, 0.2) is 18.2 Å². The van der Waals surface area contributed by atoms with Crippen LogP contribution in [0.5, 0.6) is 0 Å². The first kappa shape index (κ1) is 14.9. The van der Waals surface area contributed by atoms with Crippen LogP contribution in [0.25, 0.3) is 0 Å². The highest BCUT2D eigenvalue weighted by atomic mass is 19.4. The molecule has 1 aliphatic rings. The molecule has 0 radical (unpaired) electrons. The number of carbonyl (C=O) groups excluding carboxylic acids is 1. The lowest BCUT2D eigenvalue weighted by Crippen LogP contribution is -2.47. The highest BCUT2D eigenvalue weighted by Gasteiger charge is 2.34. The van der Waals surface area contributed by atoms with Gasteiger partial charge in [0, 0.05) is 30.6 Å². The molecular weight excluding hydrogens is 267 g/mol. The molecule has 2 rings (SSSR count). The first-order valence-electron chi connectivity index (χ1n) is 6.69. The molecule has 5 heteroatoms. The van der Waals surface area contributed by atoms with Crippen molar-refractivity contribution < 1.29 is 18.0 Å². The number of anilines is 1. The van der Waals surface area contributed by atoms with E-state index in [4.69, 9.17) is 0 Å². The Morgan fingerprint density at radius 3 is 2.50 bits per heavy atom. The molecule has 0 aliphatic carbocycles. The number of piperidine rings is 1. The number of hydrogen-bond donors (Lipinski definition) is 0. The van der Waals surface area contributed by atoms with E-state index in [0.717, 1.165) is 11.6 Å². The molecule has 110 valence electrons. The third kappa shape index (κ3) is 2.67. The number of ketones is 1. The fraction of sp³-hybridized carbons (Fsp3) is 0.533. The molecule has 1 heterocycles. The van der Waals surface area contributed by atoms with Crippen molar-refractivity contribution in [1.82, 2.24) is 0 Å². The number of aryl methyl sites for hydroxylation is 1. The Hall–Kier alpha value is -1.52. The minimum atomic E-state index is -4.34. The Kier molecular flexibility index (Phi) is 3.80. The van der Waals surface area contributed by atoms with Crippen LogP contribution in [-0.4, -0.2) is 18.4 Å². The molecule has 1 aromatic carbocycles. The third-order valence-corrected chi connectivity index (χ3v) is 4.17. The number of rotatable bonds is 1. The van der Waals surface area contributed by atoms with Crippen molar-refractivity contribution in [3.05, 3.63) is 29.3 Å². The lowest BCUT2D eigenvalue weighted by molar-refractivity contribution is -0.137. The molecular formula is C15H18F3NO. The summed E-state index contributed by atoms with van der Waals surface area (Å²) in [5.74, 6) is 0.0241. The molecule has 0 aromatic heterocycles.